The van der Waals surface area contributed by atoms with E-state index >= 15 is 0 Å². The Morgan fingerprint density at radius 3 is 2.64 bits per heavy atom. The second-order valence-electron chi connectivity index (χ2n) is 7.22. The summed E-state index contributed by atoms with van der Waals surface area (Å²) in [5.74, 6) is -0.357. The first-order valence-electron chi connectivity index (χ1n) is 10.4. The van der Waals surface area contributed by atoms with Crippen molar-refractivity contribution in [2.24, 2.45) is 0 Å². The van der Waals surface area contributed by atoms with Crippen LogP contribution < -0.4 is 15.4 Å². The van der Waals surface area contributed by atoms with Crippen LogP contribution in [0.5, 0.6) is 5.75 Å². The van der Waals surface area contributed by atoms with E-state index < -0.39 is 12.1 Å². The number of carbonyl (C=O) groups is 1. The Bertz CT molecular complexity index is 1290. The lowest BCUT2D eigenvalue weighted by Gasteiger charge is -2.11. The lowest BCUT2D eigenvalue weighted by Crippen LogP contribution is -2.31. The zero-order chi connectivity index (χ0) is 23.4. The molecule has 0 aliphatic heterocycles. The van der Waals surface area contributed by atoms with Crippen molar-refractivity contribution < 1.29 is 22.7 Å². The molecule has 2 heterocycles. The molecule has 172 valence electrons. The van der Waals surface area contributed by atoms with E-state index in [2.05, 4.69) is 30.4 Å². The summed E-state index contributed by atoms with van der Waals surface area (Å²) < 4.78 is 44.2. The van der Waals surface area contributed by atoms with E-state index in [0.29, 0.717) is 23.1 Å². The molecule has 0 bridgehead atoms. The van der Waals surface area contributed by atoms with Gasteiger partial charge in [0.15, 0.2) is 11.5 Å². The highest BCUT2D eigenvalue weighted by atomic mass is 19.4. The van der Waals surface area contributed by atoms with E-state index in [0.717, 1.165) is 12.8 Å². The average Bonchev–Trinajstić information content (AvgIpc) is 3.23. The average molecular weight is 458 g/mol. The SMILES string of the molecule is CCCCNC(=O)CNc1nc2ccccc2c2nc(-c3ccccc3OC(F)(F)F)nn12. The van der Waals surface area contributed by atoms with Gasteiger partial charge in [0, 0.05) is 11.9 Å². The monoisotopic (exact) mass is 458 g/mol. The first-order chi connectivity index (χ1) is 15.9. The number of amides is 1. The quantitative estimate of drug-likeness (QED) is 0.385. The van der Waals surface area contributed by atoms with Crippen LogP contribution >= 0.6 is 0 Å². The number of hydrogen-bond acceptors (Lipinski definition) is 6. The normalized spacial score (nSPS) is 11.6. The number of para-hydroxylation sites is 2. The maximum Gasteiger partial charge on any atom is 0.573 e. The van der Waals surface area contributed by atoms with Gasteiger partial charge in [-0.15, -0.1) is 18.3 Å². The summed E-state index contributed by atoms with van der Waals surface area (Å²) in [4.78, 5) is 21.1. The van der Waals surface area contributed by atoms with Gasteiger partial charge in [-0.2, -0.15) is 4.52 Å². The predicted molar refractivity (Wildman–Crippen MR) is 117 cm³/mol. The number of carbonyl (C=O) groups excluding carboxylic acids is 1. The number of rotatable bonds is 8. The number of anilines is 1. The minimum atomic E-state index is -4.86. The Morgan fingerprint density at radius 2 is 1.85 bits per heavy atom. The molecule has 0 spiro atoms. The Hall–Kier alpha value is -3.89. The summed E-state index contributed by atoms with van der Waals surface area (Å²) >= 11 is 0. The topological polar surface area (TPSA) is 93.4 Å². The van der Waals surface area contributed by atoms with Crippen LogP contribution in [0, 0.1) is 0 Å². The highest BCUT2D eigenvalue weighted by Gasteiger charge is 2.32. The smallest absolute Gasteiger partial charge is 0.405 e. The minimum Gasteiger partial charge on any atom is -0.405 e. The molecule has 0 aliphatic carbocycles. The molecule has 0 aliphatic rings. The van der Waals surface area contributed by atoms with Gasteiger partial charge in [0.2, 0.25) is 11.9 Å². The molecule has 33 heavy (non-hydrogen) atoms. The van der Waals surface area contributed by atoms with Crippen LogP contribution in [0.3, 0.4) is 0 Å². The predicted octanol–water partition coefficient (Wildman–Crippen LogP) is 4.17. The standard InChI is InChI=1S/C22H21F3N6O2/c1-2-3-12-26-18(32)13-27-21-28-16-10-6-4-8-14(16)20-29-19(30-31(20)21)15-9-5-7-11-17(15)33-22(23,24)25/h4-11H,2-3,12-13H2,1H3,(H,26,32)(H,27,28). The summed E-state index contributed by atoms with van der Waals surface area (Å²) in [6.45, 7) is 2.55. The molecule has 11 heteroatoms. The molecule has 1 amide bonds. The molecule has 0 atom stereocenters. The summed E-state index contributed by atoms with van der Waals surface area (Å²) in [6, 6.07) is 12.8. The third-order valence-electron chi connectivity index (χ3n) is 4.79. The summed E-state index contributed by atoms with van der Waals surface area (Å²) in [5, 5.41) is 10.8. The number of halogens is 3. The van der Waals surface area contributed by atoms with Gasteiger partial charge < -0.3 is 15.4 Å². The van der Waals surface area contributed by atoms with Crippen molar-refractivity contribution in [3.63, 3.8) is 0 Å². The fourth-order valence-corrected chi connectivity index (χ4v) is 3.28. The molecule has 0 radical (unpaired) electrons. The number of unbranched alkanes of at least 4 members (excludes halogenated alkanes) is 1. The highest BCUT2D eigenvalue weighted by molar-refractivity contribution is 5.93. The molecule has 0 fully saturated rings. The van der Waals surface area contributed by atoms with Crippen molar-refractivity contribution in [2.45, 2.75) is 26.1 Å². The summed E-state index contributed by atoms with van der Waals surface area (Å²) in [5.41, 5.74) is 1.05. The molecule has 4 aromatic rings. The van der Waals surface area contributed by atoms with Crippen LogP contribution in [0.1, 0.15) is 19.8 Å². The van der Waals surface area contributed by atoms with Gasteiger partial charge in [-0.1, -0.05) is 37.6 Å². The van der Waals surface area contributed by atoms with Gasteiger partial charge in [-0.3, -0.25) is 4.79 Å². The highest BCUT2D eigenvalue weighted by Crippen LogP contribution is 2.33. The molecule has 2 aromatic heterocycles. The molecule has 8 nitrogen and oxygen atoms in total. The van der Waals surface area contributed by atoms with E-state index in [1.54, 1.807) is 30.3 Å². The van der Waals surface area contributed by atoms with E-state index in [4.69, 9.17) is 0 Å². The number of fused-ring (bicyclic) bond motifs is 3. The summed E-state index contributed by atoms with van der Waals surface area (Å²) in [6.07, 6.45) is -3.03. The molecule has 0 unspecified atom stereocenters. The van der Waals surface area contributed by atoms with Crippen LogP contribution in [0.2, 0.25) is 0 Å². The van der Waals surface area contributed by atoms with Gasteiger partial charge in [-0.25, -0.2) is 9.97 Å². The largest absolute Gasteiger partial charge is 0.573 e. The van der Waals surface area contributed by atoms with E-state index in [9.17, 15) is 18.0 Å². The fourth-order valence-electron chi connectivity index (χ4n) is 3.28. The van der Waals surface area contributed by atoms with Crippen molar-refractivity contribution in [3.05, 3.63) is 48.5 Å². The Balaban J connectivity index is 1.74. The molecule has 4 rings (SSSR count). The van der Waals surface area contributed by atoms with Crippen LogP contribution in [0.25, 0.3) is 27.9 Å². The molecular weight excluding hydrogens is 437 g/mol. The van der Waals surface area contributed by atoms with Gasteiger partial charge >= 0.3 is 6.36 Å². The Morgan fingerprint density at radius 1 is 1.09 bits per heavy atom. The van der Waals surface area contributed by atoms with Crippen molar-refractivity contribution in [3.8, 4) is 17.1 Å². The maximum atomic E-state index is 12.9. The summed E-state index contributed by atoms with van der Waals surface area (Å²) in [7, 11) is 0. The van der Waals surface area contributed by atoms with Crippen molar-refractivity contribution in [1.82, 2.24) is 24.9 Å². The third kappa shape index (κ3) is 5.13. The number of alkyl halides is 3. The van der Waals surface area contributed by atoms with Crippen LogP contribution in [0.4, 0.5) is 19.1 Å². The second kappa shape index (κ2) is 9.31. The lowest BCUT2D eigenvalue weighted by molar-refractivity contribution is -0.274. The Kier molecular flexibility index (Phi) is 6.29. The lowest BCUT2D eigenvalue weighted by atomic mass is 10.2. The molecule has 0 saturated heterocycles. The molecule has 2 aromatic carbocycles. The number of aromatic nitrogens is 4. The second-order valence-corrected chi connectivity index (χ2v) is 7.22. The Labute approximate surface area is 186 Å². The molecule has 0 saturated carbocycles. The fraction of sp³-hybridized carbons (Fsp3) is 0.273. The van der Waals surface area contributed by atoms with Crippen molar-refractivity contribution in [1.29, 1.82) is 0 Å². The number of nitrogens with zero attached hydrogens (tertiary/aromatic N) is 4. The van der Waals surface area contributed by atoms with Crippen molar-refractivity contribution in [2.75, 3.05) is 18.4 Å². The van der Waals surface area contributed by atoms with Gasteiger partial charge in [-0.05, 0) is 30.7 Å². The third-order valence-corrected chi connectivity index (χ3v) is 4.79. The van der Waals surface area contributed by atoms with E-state index in [-0.39, 0.29) is 29.8 Å². The molecule has 2 N–H and O–H groups in total. The number of ether oxygens (including phenoxy) is 1. The minimum absolute atomic E-state index is 0.0310. The van der Waals surface area contributed by atoms with Crippen LogP contribution in [0.15, 0.2) is 48.5 Å². The van der Waals surface area contributed by atoms with Gasteiger partial charge in [0.05, 0.1) is 17.6 Å². The van der Waals surface area contributed by atoms with E-state index in [1.807, 2.05) is 6.92 Å². The number of hydrogen-bond donors (Lipinski definition) is 2. The molecular formula is C22H21F3N6O2. The van der Waals surface area contributed by atoms with Crippen LogP contribution in [-0.2, 0) is 4.79 Å². The van der Waals surface area contributed by atoms with Gasteiger partial charge in [0.1, 0.15) is 5.75 Å². The van der Waals surface area contributed by atoms with Crippen molar-refractivity contribution >= 4 is 28.4 Å². The number of benzene rings is 2. The zero-order valence-corrected chi connectivity index (χ0v) is 17.7. The number of nitrogens with one attached hydrogen (secondary N) is 2. The maximum absolute atomic E-state index is 12.9. The zero-order valence-electron chi connectivity index (χ0n) is 17.7. The first-order valence-corrected chi connectivity index (χ1v) is 10.4. The van der Waals surface area contributed by atoms with Crippen LogP contribution in [-0.4, -0.2) is 44.9 Å². The van der Waals surface area contributed by atoms with E-state index in [1.165, 1.54) is 22.7 Å². The van der Waals surface area contributed by atoms with Gasteiger partial charge in [0.25, 0.3) is 0 Å². The first kappa shape index (κ1) is 22.3.